The smallest absolute Gasteiger partial charge is 0.271 e. The number of nitro benzene ring substituents is 1. The minimum absolute atomic E-state index is 0.125. The van der Waals surface area contributed by atoms with Crippen molar-refractivity contribution in [2.75, 3.05) is 5.32 Å². The molecule has 110 valence electrons. The maximum Gasteiger partial charge on any atom is 0.271 e. The number of hydrogen-bond acceptors (Lipinski definition) is 3. The zero-order valence-electron chi connectivity index (χ0n) is 10.9. The van der Waals surface area contributed by atoms with Crippen LogP contribution in [0.3, 0.4) is 0 Å². The first-order valence-corrected chi connectivity index (χ1v) is 6.41. The fraction of sp³-hybridized carbons (Fsp3) is 0.143. The van der Waals surface area contributed by atoms with Gasteiger partial charge in [0.1, 0.15) is 11.6 Å². The maximum atomic E-state index is 13.2. The number of halogens is 3. The van der Waals surface area contributed by atoms with Crippen LogP contribution in [0.5, 0.6) is 0 Å². The summed E-state index contributed by atoms with van der Waals surface area (Å²) in [5, 5.41) is 13.9. The lowest BCUT2D eigenvalue weighted by Gasteiger charge is -2.17. The van der Waals surface area contributed by atoms with E-state index in [1.807, 2.05) is 0 Å². The van der Waals surface area contributed by atoms with E-state index in [2.05, 4.69) is 5.32 Å². The highest BCUT2D eigenvalue weighted by Gasteiger charge is 2.14. The number of non-ortho nitro benzene ring substituents is 1. The molecule has 0 aromatic heterocycles. The summed E-state index contributed by atoms with van der Waals surface area (Å²) in [4.78, 5) is 10.2. The molecule has 0 saturated carbocycles. The van der Waals surface area contributed by atoms with E-state index in [4.69, 9.17) is 11.6 Å². The van der Waals surface area contributed by atoms with Crippen molar-refractivity contribution in [3.8, 4) is 0 Å². The van der Waals surface area contributed by atoms with Crippen LogP contribution in [0.25, 0.3) is 0 Å². The second kappa shape index (κ2) is 6.05. The molecule has 4 nitrogen and oxygen atoms in total. The Hall–Kier alpha value is -2.21. The third kappa shape index (κ3) is 3.66. The van der Waals surface area contributed by atoms with Crippen molar-refractivity contribution in [3.63, 3.8) is 0 Å². The standard InChI is InChI=1S/C14H11ClF2N2O2/c1-8(9-4-10(16)6-11(17)5-9)18-14-7-12(19(20)21)2-3-13(14)15/h2-8,18H,1H3. The molecular weight excluding hydrogens is 302 g/mol. The highest BCUT2D eigenvalue weighted by atomic mass is 35.5. The molecule has 0 fully saturated rings. The molecule has 1 unspecified atom stereocenters. The highest BCUT2D eigenvalue weighted by molar-refractivity contribution is 6.33. The molecule has 1 atom stereocenters. The first-order valence-electron chi connectivity index (χ1n) is 6.03. The fourth-order valence-corrected chi connectivity index (χ4v) is 2.05. The van der Waals surface area contributed by atoms with Gasteiger partial charge >= 0.3 is 0 Å². The number of benzene rings is 2. The Morgan fingerprint density at radius 3 is 2.38 bits per heavy atom. The Morgan fingerprint density at radius 2 is 1.81 bits per heavy atom. The largest absolute Gasteiger partial charge is 0.377 e. The molecule has 7 heteroatoms. The van der Waals surface area contributed by atoms with E-state index in [1.165, 1.54) is 30.3 Å². The average Bonchev–Trinajstić information content (AvgIpc) is 2.39. The minimum atomic E-state index is -0.691. The number of hydrogen-bond donors (Lipinski definition) is 1. The van der Waals surface area contributed by atoms with Gasteiger partial charge in [0.15, 0.2) is 0 Å². The summed E-state index contributed by atoms with van der Waals surface area (Å²) in [6.45, 7) is 1.67. The van der Waals surface area contributed by atoms with Gasteiger partial charge in [-0.15, -0.1) is 0 Å². The van der Waals surface area contributed by atoms with Crippen molar-refractivity contribution >= 4 is 23.0 Å². The molecule has 0 aliphatic heterocycles. The summed E-state index contributed by atoms with van der Waals surface area (Å²) >= 11 is 5.96. The first-order chi connectivity index (χ1) is 9.86. The predicted octanol–water partition coefficient (Wildman–Crippen LogP) is 4.70. The second-order valence-electron chi connectivity index (χ2n) is 4.49. The molecule has 0 spiro atoms. The number of nitrogens with one attached hydrogen (secondary N) is 1. The Kier molecular flexibility index (Phi) is 4.37. The van der Waals surface area contributed by atoms with Gasteiger partial charge in [-0.05, 0) is 30.7 Å². The highest BCUT2D eigenvalue weighted by Crippen LogP contribution is 2.30. The molecule has 0 amide bonds. The number of rotatable bonds is 4. The van der Waals surface area contributed by atoms with Gasteiger partial charge in [0.05, 0.1) is 15.6 Å². The fourth-order valence-electron chi connectivity index (χ4n) is 1.88. The first kappa shape index (κ1) is 15.2. The summed E-state index contributed by atoms with van der Waals surface area (Å²) in [7, 11) is 0. The zero-order valence-corrected chi connectivity index (χ0v) is 11.7. The van der Waals surface area contributed by atoms with Crippen LogP contribution in [0.1, 0.15) is 18.5 Å². The van der Waals surface area contributed by atoms with Crippen LogP contribution in [0.2, 0.25) is 5.02 Å². The molecule has 1 N–H and O–H groups in total. The molecule has 0 bridgehead atoms. The van der Waals surface area contributed by atoms with Crippen LogP contribution in [0, 0.1) is 21.7 Å². The van der Waals surface area contributed by atoms with Gasteiger partial charge in [0.2, 0.25) is 0 Å². The number of nitrogens with zero attached hydrogens (tertiary/aromatic N) is 1. The van der Waals surface area contributed by atoms with Crippen LogP contribution in [0.4, 0.5) is 20.2 Å². The second-order valence-corrected chi connectivity index (χ2v) is 4.90. The van der Waals surface area contributed by atoms with E-state index in [1.54, 1.807) is 6.92 Å². The lowest BCUT2D eigenvalue weighted by molar-refractivity contribution is -0.384. The Bertz CT molecular complexity index is 674. The van der Waals surface area contributed by atoms with Gasteiger partial charge in [0, 0.05) is 24.2 Å². The maximum absolute atomic E-state index is 13.2. The van der Waals surface area contributed by atoms with Crippen molar-refractivity contribution in [1.29, 1.82) is 0 Å². The van der Waals surface area contributed by atoms with E-state index >= 15 is 0 Å². The van der Waals surface area contributed by atoms with Crippen LogP contribution in [0.15, 0.2) is 36.4 Å². The average molecular weight is 313 g/mol. The van der Waals surface area contributed by atoms with E-state index < -0.39 is 22.6 Å². The topological polar surface area (TPSA) is 55.2 Å². The van der Waals surface area contributed by atoms with Crippen LogP contribution >= 0.6 is 11.6 Å². The molecular formula is C14H11ClF2N2O2. The summed E-state index contributed by atoms with van der Waals surface area (Å²) < 4.78 is 26.4. The molecule has 21 heavy (non-hydrogen) atoms. The van der Waals surface area contributed by atoms with Gasteiger partial charge < -0.3 is 5.32 Å². The normalized spacial score (nSPS) is 12.0. The zero-order chi connectivity index (χ0) is 15.6. The van der Waals surface area contributed by atoms with Crippen molar-refractivity contribution in [2.24, 2.45) is 0 Å². The SMILES string of the molecule is CC(Nc1cc([N+](=O)[O-])ccc1Cl)c1cc(F)cc(F)c1. The summed E-state index contributed by atoms with van der Waals surface area (Å²) in [6.07, 6.45) is 0. The quantitative estimate of drug-likeness (QED) is 0.657. The van der Waals surface area contributed by atoms with Crippen molar-refractivity contribution in [2.45, 2.75) is 13.0 Å². The lowest BCUT2D eigenvalue weighted by Crippen LogP contribution is -2.08. The molecule has 2 rings (SSSR count). The predicted molar refractivity (Wildman–Crippen MR) is 76.5 cm³/mol. The van der Waals surface area contributed by atoms with Crippen molar-refractivity contribution in [1.82, 2.24) is 0 Å². The monoisotopic (exact) mass is 312 g/mol. The molecule has 2 aromatic rings. The van der Waals surface area contributed by atoms with Gasteiger partial charge in [-0.25, -0.2) is 8.78 Å². The molecule has 0 aliphatic carbocycles. The van der Waals surface area contributed by atoms with E-state index in [9.17, 15) is 18.9 Å². The summed E-state index contributed by atoms with van der Waals surface area (Å²) in [5.74, 6) is -1.38. The van der Waals surface area contributed by atoms with Crippen LogP contribution < -0.4 is 5.32 Å². The number of nitro groups is 1. The summed E-state index contributed by atoms with van der Waals surface area (Å²) in [6, 6.07) is 6.61. The Labute approximate surface area is 124 Å². The van der Waals surface area contributed by atoms with E-state index in [-0.39, 0.29) is 10.7 Å². The van der Waals surface area contributed by atoms with Gasteiger partial charge in [-0.3, -0.25) is 10.1 Å². The van der Waals surface area contributed by atoms with E-state index in [0.717, 1.165) is 6.07 Å². The molecule has 0 heterocycles. The summed E-state index contributed by atoms with van der Waals surface area (Å²) in [5.41, 5.74) is 0.567. The van der Waals surface area contributed by atoms with Crippen LogP contribution in [-0.4, -0.2) is 4.92 Å². The molecule has 0 aliphatic rings. The van der Waals surface area contributed by atoms with E-state index in [0.29, 0.717) is 11.3 Å². The van der Waals surface area contributed by atoms with Gasteiger partial charge in [-0.2, -0.15) is 0 Å². The third-order valence-corrected chi connectivity index (χ3v) is 3.25. The van der Waals surface area contributed by atoms with Crippen molar-refractivity contribution in [3.05, 3.63) is 68.7 Å². The van der Waals surface area contributed by atoms with Gasteiger partial charge in [-0.1, -0.05) is 11.6 Å². The lowest BCUT2D eigenvalue weighted by atomic mass is 10.1. The van der Waals surface area contributed by atoms with Gasteiger partial charge in [0.25, 0.3) is 5.69 Å². The Morgan fingerprint density at radius 1 is 1.19 bits per heavy atom. The third-order valence-electron chi connectivity index (χ3n) is 2.92. The molecule has 2 aromatic carbocycles. The minimum Gasteiger partial charge on any atom is -0.377 e. The Balaban J connectivity index is 2.28. The molecule has 0 radical (unpaired) electrons. The van der Waals surface area contributed by atoms with Crippen molar-refractivity contribution < 1.29 is 13.7 Å². The molecule has 0 saturated heterocycles. The van der Waals surface area contributed by atoms with Crippen LogP contribution in [-0.2, 0) is 0 Å². The number of anilines is 1.